The largest absolute Gasteiger partial charge is 0.418 e. The van der Waals surface area contributed by atoms with Crippen LogP contribution in [0.25, 0.3) is 0 Å². The number of hydrogen-bond acceptors (Lipinski definition) is 2. The van der Waals surface area contributed by atoms with Crippen LogP contribution < -0.4 is 5.32 Å². The van der Waals surface area contributed by atoms with E-state index in [-0.39, 0.29) is 6.42 Å². The Hall–Kier alpha value is -1.08. The number of alkyl halides is 3. The molecular formula is C13H15BrF3NO2. The minimum atomic E-state index is -4.78. The molecule has 0 radical (unpaired) electrons. The van der Waals surface area contributed by atoms with E-state index in [1.165, 1.54) is 0 Å². The number of nitrogens with one attached hydrogen (secondary N) is 1. The summed E-state index contributed by atoms with van der Waals surface area (Å²) < 4.78 is 38.0. The fourth-order valence-corrected chi connectivity index (χ4v) is 1.89. The summed E-state index contributed by atoms with van der Waals surface area (Å²) in [5.74, 6) is -0.537. The van der Waals surface area contributed by atoms with E-state index in [9.17, 15) is 23.1 Å². The second-order valence-electron chi connectivity index (χ2n) is 4.64. The Kier molecular flexibility index (Phi) is 5.59. The van der Waals surface area contributed by atoms with Crippen LogP contribution in [0.15, 0.2) is 28.7 Å². The zero-order chi connectivity index (χ0) is 15.4. The summed E-state index contributed by atoms with van der Waals surface area (Å²) in [6, 6.07) is 7.28. The quantitative estimate of drug-likeness (QED) is 0.855. The van der Waals surface area contributed by atoms with Gasteiger partial charge in [0.15, 0.2) is 5.60 Å². The van der Waals surface area contributed by atoms with E-state index in [2.05, 4.69) is 21.2 Å². The van der Waals surface area contributed by atoms with Crippen molar-refractivity contribution in [2.45, 2.75) is 31.5 Å². The summed E-state index contributed by atoms with van der Waals surface area (Å²) >= 11 is 3.32. The van der Waals surface area contributed by atoms with Crippen molar-refractivity contribution < 1.29 is 23.1 Å². The predicted molar refractivity (Wildman–Crippen MR) is 72.2 cm³/mol. The number of rotatable bonds is 5. The summed E-state index contributed by atoms with van der Waals surface area (Å²) in [5, 5.41) is 11.3. The highest BCUT2D eigenvalue weighted by atomic mass is 79.9. The van der Waals surface area contributed by atoms with Crippen molar-refractivity contribution in [3.8, 4) is 0 Å². The lowest BCUT2D eigenvalue weighted by atomic mass is 10.1. The molecule has 0 aliphatic rings. The highest BCUT2D eigenvalue weighted by molar-refractivity contribution is 9.10. The van der Waals surface area contributed by atoms with Gasteiger partial charge in [-0.15, -0.1) is 0 Å². The number of benzene rings is 1. The van der Waals surface area contributed by atoms with Gasteiger partial charge in [-0.25, -0.2) is 0 Å². The van der Waals surface area contributed by atoms with Crippen molar-refractivity contribution in [2.24, 2.45) is 0 Å². The first kappa shape index (κ1) is 17.0. The molecule has 112 valence electrons. The van der Waals surface area contributed by atoms with E-state index in [4.69, 9.17) is 0 Å². The molecule has 0 heterocycles. The summed E-state index contributed by atoms with van der Waals surface area (Å²) in [5.41, 5.74) is -2.03. The number of carbonyl (C=O) groups is 1. The van der Waals surface area contributed by atoms with E-state index in [0.29, 0.717) is 13.3 Å². The Labute approximate surface area is 123 Å². The van der Waals surface area contributed by atoms with Crippen molar-refractivity contribution >= 4 is 21.8 Å². The summed E-state index contributed by atoms with van der Waals surface area (Å²) in [6.07, 6.45) is -4.32. The highest BCUT2D eigenvalue weighted by Gasteiger charge is 2.49. The third kappa shape index (κ3) is 4.79. The van der Waals surface area contributed by atoms with Crippen molar-refractivity contribution in [1.29, 1.82) is 0 Å². The maximum Gasteiger partial charge on any atom is 0.418 e. The number of aryl methyl sites for hydroxylation is 1. The molecule has 0 aliphatic carbocycles. The van der Waals surface area contributed by atoms with Crippen LogP contribution in [-0.2, 0) is 11.2 Å². The van der Waals surface area contributed by atoms with E-state index in [1.807, 2.05) is 24.3 Å². The van der Waals surface area contributed by atoms with Crippen molar-refractivity contribution in [1.82, 2.24) is 5.32 Å². The third-order valence-electron chi connectivity index (χ3n) is 2.82. The Bertz CT molecular complexity index is 475. The first-order valence-electron chi connectivity index (χ1n) is 5.93. The molecule has 1 amide bonds. The number of amides is 1. The normalized spacial score (nSPS) is 14.7. The molecule has 1 atom stereocenters. The van der Waals surface area contributed by atoms with Gasteiger partial charge in [-0.05, 0) is 25.0 Å². The first-order chi connectivity index (χ1) is 9.13. The van der Waals surface area contributed by atoms with Gasteiger partial charge in [0.2, 0.25) is 5.91 Å². The average Bonchev–Trinajstić information content (AvgIpc) is 2.34. The number of hydrogen-bond donors (Lipinski definition) is 2. The standard InChI is InChI=1S/C13H15BrF3NO2/c1-12(20,13(15,16)17)8-18-11(19)7-6-9-4-2-3-5-10(9)14/h2-5,20H,6-8H2,1H3,(H,18,19)/t12-/m0/s1. The molecular weight excluding hydrogens is 339 g/mol. The molecule has 1 rings (SSSR count). The Balaban J connectivity index is 2.44. The number of aliphatic hydroxyl groups is 1. The Morgan fingerprint density at radius 1 is 1.35 bits per heavy atom. The highest BCUT2D eigenvalue weighted by Crippen LogP contribution is 2.29. The molecule has 1 aromatic carbocycles. The maximum atomic E-state index is 12.4. The van der Waals surface area contributed by atoms with Gasteiger partial charge in [-0.3, -0.25) is 4.79 Å². The first-order valence-corrected chi connectivity index (χ1v) is 6.72. The van der Waals surface area contributed by atoms with Crippen LogP contribution in [0.3, 0.4) is 0 Å². The minimum absolute atomic E-state index is 0.0521. The molecule has 0 saturated heterocycles. The van der Waals surface area contributed by atoms with Gasteiger partial charge in [0.05, 0.1) is 6.54 Å². The topological polar surface area (TPSA) is 49.3 Å². The Morgan fingerprint density at radius 2 is 1.95 bits per heavy atom. The molecule has 0 saturated carbocycles. The lowest BCUT2D eigenvalue weighted by Gasteiger charge is -2.26. The lowest BCUT2D eigenvalue weighted by Crippen LogP contribution is -2.51. The molecule has 20 heavy (non-hydrogen) atoms. The minimum Gasteiger partial charge on any atom is -0.379 e. The van der Waals surface area contributed by atoms with Crippen LogP contribution in [-0.4, -0.2) is 29.3 Å². The van der Waals surface area contributed by atoms with Crippen molar-refractivity contribution in [2.75, 3.05) is 6.54 Å². The lowest BCUT2D eigenvalue weighted by molar-refractivity contribution is -0.250. The van der Waals surface area contributed by atoms with Crippen LogP contribution in [0.1, 0.15) is 18.9 Å². The van der Waals surface area contributed by atoms with Gasteiger partial charge in [0, 0.05) is 10.9 Å². The fraction of sp³-hybridized carbons (Fsp3) is 0.462. The number of halogens is 4. The van der Waals surface area contributed by atoms with E-state index in [0.717, 1.165) is 10.0 Å². The van der Waals surface area contributed by atoms with Gasteiger partial charge in [0.25, 0.3) is 0 Å². The van der Waals surface area contributed by atoms with Gasteiger partial charge in [-0.1, -0.05) is 34.1 Å². The van der Waals surface area contributed by atoms with Crippen LogP contribution in [0.4, 0.5) is 13.2 Å². The number of carbonyl (C=O) groups excluding carboxylic acids is 1. The third-order valence-corrected chi connectivity index (χ3v) is 3.59. The molecule has 0 fully saturated rings. The van der Waals surface area contributed by atoms with Crippen molar-refractivity contribution in [3.63, 3.8) is 0 Å². The van der Waals surface area contributed by atoms with Gasteiger partial charge < -0.3 is 10.4 Å². The molecule has 3 nitrogen and oxygen atoms in total. The molecule has 7 heteroatoms. The van der Waals surface area contributed by atoms with Crippen LogP contribution in [0.5, 0.6) is 0 Å². The zero-order valence-electron chi connectivity index (χ0n) is 10.8. The molecule has 0 unspecified atom stereocenters. The molecule has 1 aromatic rings. The second-order valence-corrected chi connectivity index (χ2v) is 5.49. The summed E-state index contributed by atoms with van der Waals surface area (Å²) in [4.78, 5) is 11.5. The van der Waals surface area contributed by atoms with E-state index < -0.39 is 24.2 Å². The zero-order valence-corrected chi connectivity index (χ0v) is 12.4. The molecule has 0 spiro atoms. The predicted octanol–water partition coefficient (Wildman–Crippen LogP) is 2.81. The van der Waals surface area contributed by atoms with Crippen LogP contribution >= 0.6 is 15.9 Å². The summed E-state index contributed by atoms with van der Waals surface area (Å²) in [6.45, 7) is -0.230. The van der Waals surface area contributed by atoms with Gasteiger partial charge in [-0.2, -0.15) is 13.2 Å². The molecule has 0 aromatic heterocycles. The van der Waals surface area contributed by atoms with E-state index >= 15 is 0 Å². The fourth-order valence-electron chi connectivity index (χ4n) is 1.41. The second kappa shape index (κ2) is 6.58. The van der Waals surface area contributed by atoms with Gasteiger partial charge >= 0.3 is 6.18 Å². The van der Waals surface area contributed by atoms with Gasteiger partial charge in [0.1, 0.15) is 0 Å². The summed E-state index contributed by atoms with van der Waals surface area (Å²) in [7, 11) is 0. The molecule has 0 aliphatic heterocycles. The van der Waals surface area contributed by atoms with Crippen molar-refractivity contribution in [3.05, 3.63) is 34.3 Å². The molecule has 2 N–H and O–H groups in total. The monoisotopic (exact) mass is 353 g/mol. The SMILES string of the molecule is C[C@](O)(CNC(=O)CCc1ccccc1Br)C(F)(F)F. The molecule has 0 bridgehead atoms. The van der Waals surface area contributed by atoms with E-state index in [1.54, 1.807) is 0 Å². The smallest absolute Gasteiger partial charge is 0.379 e. The van der Waals surface area contributed by atoms with Crippen LogP contribution in [0.2, 0.25) is 0 Å². The average molecular weight is 354 g/mol. The maximum absolute atomic E-state index is 12.4. The van der Waals surface area contributed by atoms with Crippen LogP contribution in [0, 0.1) is 0 Å². The Morgan fingerprint density at radius 3 is 2.50 bits per heavy atom.